The highest BCUT2D eigenvalue weighted by Gasteiger charge is 2.26. The predicted octanol–water partition coefficient (Wildman–Crippen LogP) is 3.55. The average molecular weight is 423 g/mol. The minimum absolute atomic E-state index is 0.0285. The standard InChI is InChI=1S/C24H30N4O3/c1-16-7-8-22(13-17(16)2)26-23(30)15-28-11-9-19(10-12-28)24(31)27-21-6-4-5-20(14-21)25-18(3)29/h4-8,13-14,19H,9-12,15H2,1-3H3,(H,25,29)(H,26,30)(H,27,31). The SMILES string of the molecule is CC(=O)Nc1cccc(NC(=O)C2CCN(CC(=O)Nc3ccc(C)c(C)c3)CC2)c1. The molecule has 3 rings (SSSR count). The van der Waals surface area contributed by atoms with Gasteiger partial charge in [-0.2, -0.15) is 0 Å². The molecule has 0 bridgehead atoms. The lowest BCUT2D eigenvalue weighted by molar-refractivity contribution is -0.121. The van der Waals surface area contributed by atoms with Crippen LogP contribution in [-0.4, -0.2) is 42.3 Å². The second-order valence-corrected chi connectivity index (χ2v) is 8.15. The van der Waals surface area contributed by atoms with Crippen molar-refractivity contribution in [3.8, 4) is 0 Å². The lowest BCUT2D eigenvalue weighted by Gasteiger charge is -2.30. The molecule has 31 heavy (non-hydrogen) atoms. The second-order valence-electron chi connectivity index (χ2n) is 8.15. The first-order valence-corrected chi connectivity index (χ1v) is 10.6. The Morgan fingerprint density at radius 1 is 0.871 bits per heavy atom. The minimum atomic E-state index is -0.155. The highest BCUT2D eigenvalue weighted by molar-refractivity contribution is 5.95. The van der Waals surface area contributed by atoms with Gasteiger partial charge in [-0.3, -0.25) is 19.3 Å². The molecule has 1 aliphatic heterocycles. The van der Waals surface area contributed by atoms with Gasteiger partial charge in [0.1, 0.15) is 0 Å². The Morgan fingerprint density at radius 2 is 1.52 bits per heavy atom. The highest BCUT2D eigenvalue weighted by Crippen LogP contribution is 2.21. The molecule has 1 saturated heterocycles. The topological polar surface area (TPSA) is 90.5 Å². The first kappa shape index (κ1) is 22.5. The van der Waals surface area contributed by atoms with Crippen LogP contribution in [0.2, 0.25) is 0 Å². The average Bonchev–Trinajstić information content (AvgIpc) is 2.71. The quantitative estimate of drug-likeness (QED) is 0.664. The molecule has 2 aromatic rings. The van der Waals surface area contributed by atoms with E-state index in [9.17, 15) is 14.4 Å². The maximum Gasteiger partial charge on any atom is 0.238 e. The maximum atomic E-state index is 12.6. The third-order valence-electron chi connectivity index (χ3n) is 5.57. The van der Waals surface area contributed by atoms with E-state index in [1.165, 1.54) is 12.5 Å². The Bertz CT molecular complexity index is 965. The summed E-state index contributed by atoms with van der Waals surface area (Å²) in [5, 5.41) is 8.60. The molecule has 1 heterocycles. The van der Waals surface area contributed by atoms with Crippen molar-refractivity contribution in [3.63, 3.8) is 0 Å². The number of anilines is 3. The van der Waals surface area contributed by atoms with Gasteiger partial charge in [0.2, 0.25) is 17.7 Å². The molecule has 1 aliphatic rings. The summed E-state index contributed by atoms with van der Waals surface area (Å²) in [6.45, 7) is 7.23. The molecular formula is C24H30N4O3. The lowest BCUT2D eigenvalue weighted by Crippen LogP contribution is -2.41. The summed E-state index contributed by atoms with van der Waals surface area (Å²) in [5.41, 5.74) is 4.46. The van der Waals surface area contributed by atoms with Gasteiger partial charge in [0.05, 0.1) is 6.54 Å². The highest BCUT2D eigenvalue weighted by atomic mass is 16.2. The first-order chi connectivity index (χ1) is 14.8. The van der Waals surface area contributed by atoms with Crippen LogP contribution in [0, 0.1) is 19.8 Å². The third kappa shape index (κ3) is 6.65. The number of rotatable bonds is 6. The number of nitrogens with zero attached hydrogens (tertiary/aromatic N) is 1. The Kier molecular flexibility index (Phi) is 7.41. The van der Waals surface area contributed by atoms with E-state index in [2.05, 4.69) is 20.9 Å². The van der Waals surface area contributed by atoms with Crippen LogP contribution in [0.15, 0.2) is 42.5 Å². The van der Waals surface area contributed by atoms with Gasteiger partial charge in [-0.1, -0.05) is 12.1 Å². The van der Waals surface area contributed by atoms with Crippen LogP contribution in [0.1, 0.15) is 30.9 Å². The van der Waals surface area contributed by atoms with Gasteiger partial charge in [-0.05, 0) is 81.2 Å². The molecule has 3 N–H and O–H groups in total. The minimum Gasteiger partial charge on any atom is -0.326 e. The fourth-order valence-electron chi connectivity index (χ4n) is 3.70. The van der Waals surface area contributed by atoms with Crippen molar-refractivity contribution in [2.24, 2.45) is 5.92 Å². The summed E-state index contributed by atoms with van der Waals surface area (Å²) >= 11 is 0. The molecule has 7 nitrogen and oxygen atoms in total. The van der Waals surface area contributed by atoms with Crippen LogP contribution in [0.25, 0.3) is 0 Å². The molecule has 0 aromatic heterocycles. The van der Waals surface area contributed by atoms with Gasteiger partial charge in [-0.25, -0.2) is 0 Å². The van der Waals surface area contributed by atoms with Crippen LogP contribution >= 0.6 is 0 Å². The summed E-state index contributed by atoms with van der Waals surface area (Å²) in [6.07, 6.45) is 1.41. The van der Waals surface area contributed by atoms with E-state index in [1.54, 1.807) is 24.3 Å². The van der Waals surface area contributed by atoms with Gasteiger partial charge in [0, 0.05) is 29.9 Å². The molecule has 0 aliphatic carbocycles. The number of hydrogen-bond donors (Lipinski definition) is 3. The zero-order chi connectivity index (χ0) is 22.4. The number of hydrogen-bond acceptors (Lipinski definition) is 4. The molecule has 164 valence electrons. The smallest absolute Gasteiger partial charge is 0.238 e. The molecule has 0 atom stereocenters. The molecule has 0 spiro atoms. The second kappa shape index (κ2) is 10.2. The van der Waals surface area contributed by atoms with Crippen molar-refractivity contribution in [1.29, 1.82) is 0 Å². The van der Waals surface area contributed by atoms with Crippen molar-refractivity contribution in [2.75, 3.05) is 35.6 Å². The van der Waals surface area contributed by atoms with E-state index in [4.69, 9.17) is 0 Å². The van der Waals surface area contributed by atoms with E-state index in [0.29, 0.717) is 43.9 Å². The molecule has 1 fully saturated rings. The van der Waals surface area contributed by atoms with Gasteiger partial charge >= 0.3 is 0 Å². The number of likely N-dealkylation sites (tertiary alicyclic amines) is 1. The van der Waals surface area contributed by atoms with Gasteiger partial charge in [0.15, 0.2) is 0 Å². The van der Waals surface area contributed by atoms with Crippen LogP contribution in [0.3, 0.4) is 0 Å². The summed E-state index contributed by atoms with van der Waals surface area (Å²) in [5.74, 6) is -0.318. The first-order valence-electron chi connectivity index (χ1n) is 10.6. The molecule has 0 saturated carbocycles. The van der Waals surface area contributed by atoms with Crippen molar-refractivity contribution in [3.05, 3.63) is 53.6 Å². The van der Waals surface area contributed by atoms with E-state index < -0.39 is 0 Å². The van der Waals surface area contributed by atoms with Gasteiger partial charge in [0.25, 0.3) is 0 Å². The fourth-order valence-corrected chi connectivity index (χ4v) is 3.70. The van der Waals surface area contributed by atoms with Gasteiger partial charge in [-0.15, -0.1) is 0 Å². The third-order valence-corrected chi connectivity index (χ3v) is 5.57. The molecule has 7 heteroatoms. The van der Waals surface area contributed by atoms with Crippen LogP contribution in [-0.2, 0) is 14.4 Å². The largest absolute Gasteiger partial charge is 0.326 e. The van der Waals surface area contributed by atoms with E-state index in [1.807, 2.05) is 32.0 Å². The van der Waals surface area contributed by atoms with Crippen molar-refractivity contribution >= 4 is 34.8 Å². The summed E-state index contributed by atoms with van der Waals surface area (Å²) in [4.78, 5) is 38.3. The maximum absolute atomic E-state index is 12.6. The number of nitrogens with one attached hydrogen (secondary N) is 3. The molecular weight excluding hydrogens is 392 g/mol. The Morgan fingerprint density at radius 3 is 2.16 bits per heavy atom. The van der Waals surface area contributed by atoms with E-state index in [0.717, 1.165) is 11.3 Å². The zero-order valence-corrected chi connectivity index (χ0v) is 18.3. The van der Waals surface area contributed by atoms with E-state index in [-0.39, 0.29) is 23.6 Å². The molecule has 2 aromatic carbocycles. The van der Waals surface area contributed by atoms with Crippen molar-refractivity contribution < 1.29 is 14.4 Å². The lowest BCUT2D eigenvalue weighted by atomic mass is 9.95. The fraction of sp³-hybridized carbons (Fsp3) is 0.375. The van der Waals surface area contributed by atoms with Crippen LogP contribution < -0.4 is 16.0 Å². The number of benzene rings is 2. The number of amides is 3. The number of aryl methyl sites for hydroxylation is 2. The zero-order valence-electron chi connectivity index (χ0n) is 18.3. The summed E-state index contributed by atoms with van der Waals surface area (Å²) in [6, 6.07) is 13.0. The number of piperidine rings is 1. The molecule has 0 radical (unpaired) electrons. The van der Waals surface area contributed by atoms with Gasteiger partial charge < -0.3 is 16.0 Å². The normalized spacial score (nSPS) is 14.7. The number of carbonyl (C=O) groups excluding carboxylic acids is 3. The van der Waals surface area contributed by atoms with Crippen molar-refractivity contribution in [1.82, 2.24) is 4.90 Å². The Labute approximate surface area is 183 Å². The van der Waals surface area contributed by atoms with Crippen LogP contribution in [0.4, 0.5) is 17.1 Å². The summed E-state index contributed by atoms with van der Waals surface area (Å²) in [7, 11) is 0. The monoisotopic (exact) mass is 422 g/mol. The number of carbonyl (C=O) groups is 3. The van der Waals surface area contributed by atoms with E-state index >= 15 is 0 Å². The predicted molar refractivity (Wildman–Crippen MR) is 123 cm³/mol. The molecule has 0 unspecified atom stereocenters. The Balaban J connectivity index is 1.45. The van der Waals surface area contributed by atoms with Crippen molar-refractivity contribution in [2.45, 2.75) is 33.6 Å². The summed E-state index contributed by atoms with van der Waals surface area (Å²) < 4.78 is 0. The van der Waals surface area contributed by atoms with Crippen LogP contribution in [0.5, 0.6) is 0 Å². The Hall–Kier alpha value is -3.19. The molecule has 3 amide bonds.